The molecule has 73 valence electrons. The molecule has 1 aromatic carbocycles. The van der Waals surface area contributed by atoms with Gasteiger partial charge in [-0.3, -0.25) is 0 Å². The summed E-state index contributed by atoms with van der Waals surface area (Å²) in [6.45, 7) is 1.74. The molecule has 0 bridgehead atoms. The van der Waals surface area contributed by atoms with Gasteiger partial charge in [0.15, 0.2) is 0 Å². The normalized spacial score (nSPS) is 20.3. The Morgan fingerprint density at radius 3 is 2.79 bits per heavy atom. The third-order valence-corrected chi connectivity index (χ3v) is 3.04. The fraction of sp³-hybridized carbons (Fsp3) is 0.500. The fourth-order valence-electron chi connectivity index (χ4n) is 2.12. The molecule has 0 amide bonds. The Morgan fingerprint density at radius 2 is 2.00 bits per heavy atom. The van der Waals surface area contributed by atoms with Crippen molar-refractivity contribution in [1.29, 1.82) is 0 Å². The fourth-order valence-corrected chi connectivity index (χ4v) is 2.12. The van der Waals surface area contributed by atoms with Crippen molar-refractivity contribution >= 4 is 0 Å². The molecule has 1 heterocycles. The highest BCUT2D eigenvalue weighted by atomic mass is 16.5. The van der Waals surface area contributed by atoms with Crippen molar-refractivity contribution < 1.29 is 4.74 Å². The van der Waals surface area contributed by atoms with Crippen molar-refractivity contribution in [1.82, 2.24) is 5.32 Å². The van der Waals surface area contributed by atoms with Crippen molar-refractivity contribution in [3.05, 3.63) is 29.3 Å². The Kier molecular flexibility index (Phi) is 1.95. The number of fused-ring (bicyclic) bond motifs is 1. The van der Waals surface area contributed by atoms with Crippen LogP contribution in [0.2, 0.25) is 0 Å². The number of aryl methyl sites for hydroxylation is 2. The maximum Gasteiger partial charge on any atom is 0.127 e. The van der Waals surface area contributed by atoms with Crippen LogP contribution in [0.3, 0.4) is 0 Å². The van der Waals surface area contributed by atoms with Crippen LogP contribution < -0.4 is 10.1 Å². The summed E-state index contributed by atoms with van der Waals surface area (Å²) in [6.07, 6.45) is 4.11. The predicted octanol–water partition coefficient (Wildman–Crippen LogP) is 1.54. The maximum atomic E-state index is 5.78. The number of benzene rings is 1. The molecule has 1 saturated heterocycles. The van der Waals surface area contributed by atoms with Gasteiger partial charge in [0, 0.05) is 0 Å². The average molecular weight is 188 g/mol. The first-order valence-electron chi connectivity index (χ1n) is 5.33. The Bertz CT molecular complexity index is 344. The molecule has 14 heavy (non-hydrogen) atoms. The van der Waals surface area contributed by atoms with E-state index in [4.69, 9.17) is 4.74 Å². The van der Waals surface area contributed by atoms with Crippen LogP contribution in [0, 0.1) is 0 Å². The van der Waals surface area contributed by atoms with E-state index in [9.17, 15) is 0 Å². The number of nitrogens with zero attached hydrogens (tertiary/aromatic N) is 1. The minimum atomic E-state index is 0.342. The summed E-state index contributed by atoms with van der Waals surface area (Å²) in [5, 5.41) is 4.14. The molecule has 2 nitrogen and oxygen atoms in total. The molecular formula is C12H14NO. The van der Waals surface area contributed by atoms with Gasteiger partial charge in [-0.1, -0.05) is 6.07 Å². The van der Waals surface area contributed by atoms with Gasteiger partial charge in [-0.15, -0.1) is 0 Å². The highest BCUT2D eigenvalue weighted by Gasteiger charge is 2.20. The number of ether oxygens (including phenoxy) is 1. The van der Waals surface area contributed by atoms with Crippen LogP contribution >= 0.6 is 0 Å². The van der Waals surface area contributed by atoms with Crippen LogP contribution in [0.1, 0.15) is 17.5 Å². The summed E-state index contributed by atoms with van der Waals surface area (Å²) >= 11 is 0. The molecule has 1 aromatic rings. The molecule has 0 aromatic heterocycles. The van der Waals surface area contributed by atoms with E-state index in [0.717, 1.165) is 18.8 Å². The molecule has 1 aliphatic carbocycles. The van der Waals surface area contributed by atoms with Gasteiger partial charge in [0.2, 0.25) is 0 Å². The topological polar surface area (TPSA) is 23.3 Å². The number of rotatable bonds is 2. The Labute approximate surface area is 84.3 Å². The second kappa shape index (κ2) is 3.28. The van der Waals surface area contributed by atoms with Gasteiger partial charge in [0.05, 0.1) is 13.1 Å². The molecule has 0 unspecified atom stereocenters. The minimum Gasteiger partial charge on any atom is -0.488 e. The van der Waals surface area contributed by atoms with E-state index in [1.165, 1.54) is 30.4 Å². The molecule has 3 rings (SSSR count). The van der Waals surface area contributed by atoms with Crippen molar-refractivity contribution in [3.63, 3.8) is 0 Å². The monoisotopic (exact) mass is 188 g/mol. The lowest BCUT2D eigenvalue weighted by Crippen LogP contribution is -2.45. The van der Waals surface area contributed by atoms with Gasteiger partial charge in [-0.25, -0.2) is 5.32 Å². The Morgan fingerprint density at radius 1 is 1.14 bits per heavy atom. The molecule has 1 aliphatic heterocycles. The standard InChI is InChI=1S/C12H14NO/c1-2-9-4-5-11(6-10(9)3-1)14-12-7-13-8-12/h4-6,12H,1-3,7-8H2. The summed E-state index contributed by atoms with van der Waals surface area (Å²) in [6, 6.07) is 6.52. The van der Waals surface area contributed by atoms with Crippen molar-refractivity contribution in [2.45, 2.75) is 25.4 Å². The second-order valence-corrected chi connectivity index (χ2v) is 4.11. The van der Waals surface area contributed by atoms with Gasteiger partial charge in [0.1, 0.15) is 11.9 Å². The average Bonchev–Trinajstić information content (AvgIpc) is 2.58. The SMILES string of the molecule is c1cc2c(cc1OC1C[N]C1)CCC2. The Balaban J connectivity index is 1.78. The lowest BCUT2D eigenvalue weighted by atomic mass is 10.1. The molecule has 1 fully saturated rings. The molecule has 1 radical (unpaired) electrons. The minimum absolute atomic E-state index is 0.342. The van der Waals surface area contributed by atoms with E-state index >= 15 is 0 Å². The van der Waals surface area contributed by atoms with E-state index in [2.05, 4.69) is 23.5 Å². The van der Waals surface area contributed by atoms with Gasteiger partial charge in [-0.05, 0) is 42.5 Å². The molecule has 2 heteroatoms. The molecule has 0 N–H and O–H groups in total. The number of hydrogen-bond acceptors (Lipinski definition) is 1. The van der Waals surface area contributed by atoms with Gasteiger partial charge < -0.3 is 4.74 Å². The largest absolute Gasteiger partial charge is 0.488 e. The zero-order chi connectivity index (χ0) is 9.38. The smallest absolute Gasteiger partial charge is 0.127 e. The third-order valence-electron chi connectivity index (χ3n) is 3.04. The van der Waals surface area contributed by atoms with Crippen LogP contribution in [0.15, 0.2) is 18.2 Å². The van der Waals surface area contributed by atoms with Crippen molar-refractivity contribution in [2.24, 2.45) is 0 Å². The number of hydrogen-bond donors (Lipinski definition) is 0. The Hall–Kier alpha value is -1.02. The molecule has 2 aliphatic rings. The van der Waals surface area contributed by atoms with Crippen LogP contribution in [-0.4, -0.2) is 19.2 Å². The van der Waals surface area contributed by atoms with Crippen LogP contribution in [0.4, 0.5) is 0 Å². The second-order valence-electron chi connectivity index (χ2n) is 4.11. The highest BCUT2D eigenvalue weighted by molar-refractivity contribution is 5.38. The summed E-state index contributed by atoms with van der Waals surface area (Å²) < 4.78 is 5.78. The van der Waals surface area contributed by atoms with Crippen molar-refractivity contribution in [3.8, 4) is 5.75 Å². The molecule has 0 saturated carbocycles. The van der Waals surface area contributed by atoms with Gasteiger partial charge in [-0.2, -0.15) is 0 Å². The van der Waals surface area contributed by atoms with Crippen molar-refractivity contribution in [2.75, 3.05) is 13.1 Å². The first kappa shape index (κ1) is 8.30. The van der Waals surface area contributed by atoms with Crippen LogP contribution in [0.25, 0.3) is 0 Å². The summed E-state index contributed by atoms with van der Waals surface area (Å²) in [5.41, 5.74) is 2.99. The molecule has 0 atom stereocenters. The lowest BCUT2D eigenvalue weighted by Gasteiger charge is -2.26. The first-order chi connectivity index (χ1) is 6.92. The van der Waals surface area contributed by atoms with E-state index in [-0.39, 0.29) is 0 Å². The van der Waals surface area contributed by atoms with E-state index < -0.39 is 0 Å². The van der Waals surface area contributed by atoms with Gasteiger partial charge >= 0.3 is 0 Å². The van der Waals surface area contributed by atoms with Crippen LogP contribution in [0.5, 0.6) is 5.75 Å². The van der Waals surface area contributed by atoms with E-state index in [1.807, 2.05) is 0 Å². The highest BCUT2D eigenvalue weighted by Crippen LogP contribution is 2.26. The molecular weight excluding hydrogens is 174 g/mol. The van der Waals surface area contributed by atoms with Gasteiger partial charge in [0.25, 0.3) is 0 Å². The third kappa shape index (κ3) is 1.40. The predicted molar refractivity (Wildman–Crippen MR) is 54.8 cm³/mol. The summed E-state index contributed by atoms with van der Waals surface area (Å²) in [4.78, 5) is 0. The maximum absolute atomic E-state index is 5.78. The molecule has 0 spiro atoms. The van der Waals surface area contributed by atoms with Crippen LogP contribution in [-0.2, 0) is 12.8 Å². The first-order valence-corrected chi connectivity index (χ1v) is 5.33. The zero-order valence-corrected chi connectivity index (χ0v) is 8.20. The quantitative estimate of drug-likeness (QED) is 0.690. The summed E-state index contributed by atoms with van der Waals surface area (Å²) in [7, 11) is 0. The van der Waals surface area contributed by atoms with E-state index in [1.54, 1.807) is 0 Å². The zero-order valence-electron chi connectivity index (χ0n) is 8.20. The summed E-state index contributed by atoms with van der Waals surface area (Å²) in [5.74, 6) is 1.03. The lowest BCUT2D eigenvalue weighted by molar-refractivity contribution is 0.138. The van der Waals surface area contributed by atoms with E-state index in [0.29, 0.717) is 6.10 Å².